The van der Waals surface area contributed by atoms with Crippen LogP contribution in [0.1, 0.15) is 33.9 Å². The maximum Gasteiger partial charge on any atom is 0.0589 e. The zero-order valence-corrected chi connectivity index (χ0v) is 3.95. The third kappa shape index (κ3) is 3.96. The molecule has 0 aliphatic heterocycles. The van der Waals surface area contributed by atoms with Gasteiger partial charge < -0.3 is 5.11 Å². The average Bonchev–Trinajstić information content (AvgIpc) is 1.58. The van der Waals surface area contributed by atoms with Crippen molar-refractivity contribution in [2.45, 2.75) is 32.7 Å². The summed E-state index contributed by atoms with van der Waals surface area (Å²) in [6.45, 7) is -0.676. The third-order valence-corrected chi connectivity index (χ3v) is 0.487. The van der Waals surface area contributed by atoms with E-state index in [1.54, 1.807) is 0 Å². The molecule has 1 nitrogen and oxygen atoms in total. The van der Waals surface area contributed by atoms with E-state index in [-0.39, 0.29) is 0 Å². The highest BCUT2D eigenvalue weighted by Crippen LogP contribution is 2.03. The van der Waals surface area contributed by atoms with E-state index in [4.69, 9.17) is 6.85 Å². The van der Waals surface area contributed by atoms with E-state index in [1.165, 1.54) is 0 Å². The molecule has 0 aromatic heterocycles. The van der Waals surface area contributed by atoms with Crippen LogP contribution >= 0.6 is 0 Å². The van der Waals surface area contributed by atoms with Crippen molar-refractivity contribution < 1.29 is 12.0 Å². The van der Waals surface area contributed by atoms with Crippen LogP contribution in [0.3, 0.4) is 0 Å². The quantitative estimate of drug-likeness (QED) is 0.516. The van der Waals surface area contributed by atoms with Gasteiger partial charge in [-0.25, -0.2) is 0 Å². The highest BCUT2D eigenvalue weighted by Gasteiger charge is 2.05. The summed E-state index contributed by atoms with van der Waals surface area (Å²) in [5.41, 5.74) is -2.29. The van der Waals surface area contributed by atoms with Gasteiger partial charge in [0, 0.05) is 6.85 Å². The first kappa shape index (κ1) is 1.48. The lowest BCUT2D eigenvalue weighted by molar-refractivity contribution is 0.0765. The molecule has 0 aromatic carbocycles. The van der Waals surface area contributed by atoms with Gasteiger partial charge in [-0.2, -0.15) is 0 Å². The molecule has 0 bridgehead atoms. The van der Waals surface area contributed by atoms with Crippen molar-refractivity contribution in [3.05, 3.63) is 0 Å². The van der Waals surface area contributed by atoms with Crippen molar-refractivity contribution in [3.8, 4) is 0 Å². The topological polar surface area (TPSA) is 20.2 Å². The molecule has 1 N–H and O–H groups in total. The standard InChI is InChI=1S/C5H12O/c1-4-5(2,3)6/h6H,4H2,1-3H3/i2D3,4D2. The molecule has 0 aliphatic carbocycles. The van der Waals surface area contributed by atoms with Crippen LogP contribution in [-0.2, 0) is 0 Å². The molecule has 0 aliphatic rings. The molecule has 0 fully saturated rings. The molecule has 0 spiro atoms. The van der Waals surface area contributed by atoms with Crippen LogP contribution in [-0.4, -0.2) is 10.7 Å². The van der Waals surface area contributed by atoms with Crippen LogP contribution in [0.25, 0.3) is 0 Å². The minimum Gasteiger partial charge on any atom is -0.390 e. The molecule has 0 radical (unpaired) electrons. The summed E-state index contributed by atoms with van der Waals surface area (Å²) in [7, 11) is 0. The smallest absolute Gasteiger partial charge is 0.0589 e. The van der Waals surface area contributed by atoms with Crippen LogP contribution in [0.5, 0.6) is 0 Å². The van der Waals surface area contributed by atoms with Crippen LogP contribution in [0.2, 0.25) is 0 Å². The summed E-state index contributed by atoms with van der Waals surface area (Å²) in [5.74, 6) is 0. The SMILES string of the molecule is [2H]C([2H])([2H])C(C)(O)C([2H])([2H])C. The Morgan fingerprint density at radius 1 is 2.17 bits per heavy atom. The van der Waals surface area contributed by atoms with Gasteiger partial charge in [0.15, 0.2) is 0 Å². The van der Waals surface area contributed by atoms with Gasteiger partial charge in [0.2, 0.25) is 0 Å². The summed E-state index contributed by atoms with van der Waals surface area (Å²) in [5, 5.41) is 9.25. The lowest BCUT2D eigenvalue weighted by atomic mass is 10.1. The van der Waals surface area contributed by atoms with Gasteiger partial charge >= 0.3 is 0 Å². The first-order chi connectivity index (χ1) is 4.50. The summed E-state index contributed by atoms with van der Waals surface area (Å²) in [6.07, 6.45) is -2.13. The van der Waals surface area contributed by atoms with Crippen molar-refractivity contribution in [1.29, 1.82) is 0 Å². The molecule has 0 aromatic rings. The number of hydrogen-bond donors (Lipinski definition) is 1. The lowest BCUT2D eigenvalue weighted by Crippen LogP contribution is -2.15. The zero-order chi connectivity index (χ0) is 9.50. The normalized spacial score (nSPS) is 36.8. The van der Waals surface area contributed by atoms with E-state index in [0.29, 0.717) is 0 Å². The van der Waals surface area contributed by atoms with Crippen LogP contribution in [0.15, 0.2) is 0 Å². The molecular weight excluding hydrogens is 76.1 g/mol. The Labute approximate surface area is 46.0 Å². The Kier molecular flexibility index (Phi) is 0.396. The number of hydrogen-bond acceptors (Lipinski definition) is 1. The van der Waals surface area contributed by atoms with Gasteiger partial charge in [-0.15, -0.1) is 0 Å². The summed E-state index contributed by atoms with van der Waals surface area (Å²) in [4.78, 5) is 0. The number of rotatable bonds is 1. The van der Waals surface area contributed by atoms with Gasteiger partial charge in [-0.3, -0.25) is 0 Å². The second-order valence-electron chi connectivity index (χ2n) is 1.32. The molecule has 1 atom stereocenters. The molecule has 1 heteroatoms. The average molecular weight is 93.2 g/mol. The maximum atomic E-state index is 9.25. The van der Waals surface area contributed by atoms with Crippen molar-refractivity contribution in [2.75, 3.05) is 0 Å². The molecule has 0 saturated heterocycles. The fraction of sp³-hybridized carbons (Fsp3) is 1.00. The zero-order valence-electron chi connectivity index (χ0n) is 8.95. The summed E-state index contributed by atoms with van der Waals surface area (Å²) < 4.78 is 34.6. The minimum atomic E-state index is -2.69. The largest absolute Gasteiger partial charge is 0.390 e. The second kappa shape index (κ2) is 1.61. The summed E-state index contributed by atoms with van der Waals surface area (Å²) >= 11 is 0. The van der Waals surface area contributed by atoms with Crippen molar-refractivity contribution in [3.63, 3.8) is 0 Å². The molecular formula is C5H12O. The lowest BCUT2D eigenvalue weighted by Gasteiger charge is -2.11. The molecule has 0 rings (SSSR count). The Bertz CT molecular complexity index is 126. The predicted octanol–water partition coefficient (Wildman–Crippen LogP) is 1.17. The predicted molar refractivity (Wildman–Crippen MR) is 26.6 cm³/mol. The van der Waals surface area contributed by atoms with Gasteiger partial charge in [0.25, 0.3) is 0 Å². The fourth-order valence-electron chi connectivity index (χ4n) is 0. The van der Waals surface area contributed by atoms with E-state index < -0.39 is 18.8 Å². The highest BCUT2D eigenvalue weighted by atomic mass is 16.3. The Morgan fingerprint density at radius 2 is 2.67 bits per heavy atom. The highest BCUT2D eigenvalue weighted by molar-refractivity contribution is 4.59. The first-order valence-corrected chi connectivity index (χ1v) is 1.72. The molecule has 0 amide bonds. The van der Waals surface area contributed by atoms with Crippen LogP contribution in [0.4, 0.5) is 0 Å². The van der Waals surface area contributed by atoms with E-state index >= 15 is 0 Å². The monoisotopic (exact) mass is 93.1 g/mol. The molecule has 0 heterocycles. The summed E-state index contributed by atoms with van der Waals surface area (Å²) in [6, 6.07) is 0. The van der Waals surface area contributed by atoms with Gasteiger partial charge in [0.1, 0.15) is 0 Å². The number of aliphatic hydroxyl groups is 1. The molecule has 1 unspecified atom stereocenters. The Balaban J connectivity index is 4.75. The van der Waals surface area contributed by atoms with E-state index in [9.17, 15) is 5.11 Å². The van der Waals surface area contributed by atoms with Crippen molar-refractivity contribution in [1.82, 2.24) is 0 Å². The van der Waals surface area contributed by atoms with E-state index in [2.05, 4.69) is 0 Å². The third-order valence-electron chi connectivity index (χ3n) is 0.487. The maximum absolute atomic E-state index is 9.25. The Hall–Kier alpha value is -0.0400. The molecule has 0 saturated carbocycles. The van der Waals surface area contributed by atoms with Gasteiger partial charge in [-0.05, 0) is 20.1 Å². The van der Waals surface area contributed by atoms with Gasteiger partial charge in [-0.1, -0.05) is 6.92 Å². The van der Waals surface area contributed by atoms with Crippen molar-refractivity contribution >= 4 is 0 Å². The fourth-order valence-corrected chi connectivity index (χ4v) is 0. The second-order valence-corrected chi connectivity index (χ2v) is 1.32. The minimum absolute atomic E-state index is 0.972. The van der Waals surface area contributed by atoms with Crippen LogP contribution < -0.4 is 0 Å². The molecule has 38 valence electrons. The van der Waals surface area contributed by atoms with Crippen molar-refractivity contribution in [2.24, 2.45) is 0 Å². The van der Waals surface area contributed by atoms with E-state index in [1.807, 2.05) is 0 Å². The van der Waals surface area contributed by atoms with E-state index in [0.717, 1.165) is 13.8 Å². The van der Waals surface area contributed by atoms with Gasteiger partial charge in [0.05, 0.1) is 5.60 Å². The molecule has 6 heavy (non-hydrogen) atoms. The first-order valence-electron chi connectivity index (χ1n) is 4.22. The Morgan fingerprint density at radius 3 is 2.67 bits per heavy atom. The van der Waals surface area contributed by atoms with Crippen LogP contribution in [0, 0.1) is 0 Å².